The van der Waals surface area contributed by atoms with Crippen LogP contribution in [0.15, 0.2) is 12.2 Å². The Bertz CT molecular complexity index is 257. The van der Waals surface area contributed by atoms with Crippen molar-refractivity contribution in [2.75, 3.05) is 19.8 Å². The van der Waals surface area contributed by atoms with Crippen molar-refractivity contribution in [1.29, 1.82) is 0 Å². The van der Waals surface area contributed by atoms with Gasteiger partial charge in [0.05, 0.1) is 13.2 Å². The Morgan fingerprint density at radius 3 is 3.00 bits per heavy atom. The maximum atomic E-state index is 5.25. The van der Waals surface area contributed by atoms with Gasteiger partial charge in [-0.2, -0.15) is 0 Å². The van der Waals surface area contributed by atoms with Crippen molar-refractivity contribution < 1.29 is 4.74 Å². The first-order chi connectivity index (χ1) is 6.77. The van der Waals surface area contributed by atoms with Gasteiger partial charge in [-0.15, -0.1) is 0 Å². The van der Waals surface area contributed by atoms with E-state index >= 15 is 0 Å². The fraction of sp³-hybridized carbons (Fsp3) is 0.833. The maximum absolute atomic E-state index is 5.25. The average molecular weight is 193 g/mol. The minimum Gasteiger partial charge on any atom is -0.380 e. The first kappa shape index (κ1) is 8.93. The summed E-state index contributed by atoms with van der Waals surface area (Å²) in [5.41, 5.74) is 0.424. The van der Waals surface area contributed by atoms with Crippen molar-refractivity contribution >= 4 is 0 Å². The van der Waals surface area contributed by atoms with Crippen molar-refractivity contribution in [1.82, 2.24) is 5.32 Å². The van der Waals surface area contributed by atoms with E-state index < -0.39 is 0 Å². The molecule has 0 aromatic heterocycles. The van der Waals surface area contributed by atoms with Crippen LogP contribution in [0.4, 0.5) is 0 Å². The Balaban J connectivity index is 1.47. The van der Waals surface area contributed by atoms with Gasteiger partial charge in [0.1, 0.15) is 0 Å². The summed E-state index contributed by atoms with van der Waals surface area (Å²) in [6, 6.07) is 0.760. The number of nitrogens with one attached hydrogen (secondary N) is 1. The van der Waals surface area contributed by atoms with Gasteiger partial charge in [-0.1, -0.05) is 19.1 Å². The Morgan fingerprint density at radius 1 is 1.50 bits per heavy atom. The molecule has 0 aromatic carbocycles. The molecule has 78 valence electrons. The number of hydrogen-bond donors (Lipinski definition) is 1. The summed E-state index contributed by atoms with van der Waals surface area (Å²) in [7, 11) is 0. The van der Waals surface area contributed by atoms with Crippen molar-refractivity contribution in [3.8, 4) is 0 Å². The van der Waals surface area contributed by atoms with Crippen molar-refractivity contribution in [3.05, 3.63) is 12.2 Å². The number of rotatable bonds is 3. The van der Waals surface area contributed by atoms with E-state index in [-0.39, 0.29) is 0 Å². The van der Waals surface area contributed by atoms with E-state index in [0.29, 0.717) is 5.41 Å². The third-order valence-corrected chi connectivity index (χ3v) is 4.05. The number of hydrogen-bond acceptors (Lipinski definition) is 2. The Labute approximate surface area is 85.7 Å². The molecular weight excluding hydrogens is 174 g/mol. The van der Waals surface area contributed by atoms with Gasteiger partial charge in [0.2, 0.25) is 0 Å². The summed E-state index contributed by atoms with van der Waals surface area (Å²) < 4.78 is 5.25. The lowest BCUT2D eigenvalue weighted by atomic mass is 9.71. The molecule has 1 saturated heterocycles. The molecule has 0 bridgehead atoms. The second kappa shape index (κ2) is 3.07. The third kappa shape index (κ3) is 1.32. The average Bonchev–Trinajstić information content (AvgIpc) is 2.45. The highest BCUT2D eigenvalue weighted by atomic mass is 16.5. The molecular formula is C12H19NO. The summed E-state index contributed by atoms with van der Waals surface area (Å²) in [5, 5.41) is 3.70. The van der Waals surface area contributed by atoms with Gasteiger partial charge in [0.15, 0.2) is 0 Å². The quantitative estimate of drug-likeness (QED) is 0.687. The topological polar surface area (TPSA) is 21.3 Å². The predicted molar refractivity (Wildman–Crippen MR) is 56.1 cm³/mol. The molecule has 1 saturated carbocycles. The molecule has 3 atom stereocenters. The maximum Gasteiger partial charge on any atom is 0.0554 e. The van der Waals surface area contributed by atoms with E-state index in [1.807, 2.05) is 0 Å². The van der Waals surface area contributed by atoms with Gasteiger partial charge >= 0.3 is 0 Å². The molecule has 2 heteroatoms. The lowest BCUT2D eigenvalue weighted by Gasteiger charge is -2.45. The molecule has 0 aromatic rings. The van der Waals surface area contributed by atoms with Gasteiger partial charge in [-0.25, -0.2) is 0 Å². The van der Waals surface area contributed by atoms with Crippen LogP contribution in [0.5, 0.6) is 0 Å². The van der Waals surface area contributed by atoms with Gasteiger partial charge in [0, 0.05) is 18.0 Å². The van der Waals surface area contributed by atoms with Gasteiger partial charge < -0.3 is 10.1 Å². The van der Waals surface area contributed by atoms with Crippen LogP contribution in [0, 0.1) is 17.3 Å². The SMILES string of the molecule is CC1(CNC2CC3CC=CC32)COC1. The van der Waals surface area contributed by atoms with E-state index in [4.69, 9.17) is 4.74 Å². The fourth-order valence-electron chi connectivity index (χ4n) is 2.88. The van der Waals surface area contributed by atoms with Crippen LogP contribution in [-0.4, -0.2) is 25.8 Å². The van der Waals surface area contributed by atoms with Crippen molar-refractivity contribution in [2.45, 2.75) is 25.8 Å². The van der Waals surface area contributed by atoms with Gasteiger partial charge in [-0.3, -0.25) is 0 Å². The highest BCUT2D eigenvalue weighted by Gasteiger charge is 2.42. The zero-order chi connectivity index (χ0) is 9.60. The van der Waals surface area contributed by atoms with Crippen LogP contribution in [0.1, 0.15) is 19.8 Å². The van der Waals surface area contributed by atoms with Crippen LogP contribution in [-0.2, 0) is 4.74 Å². The molecule has 3 aliphatic rings. The largest absolute Gasteiger partial charge is 0.380 e. The molecule has 2 fully saturated rings. The molecule has 0 radical (unpaired) electrons. The van der Waals surface area contributed by atoms with E-state index in [0.717, 1.165) is 37.6 Å². The first-order valence-corrected chi connectivity index (χ1v) is 5.75. The standard InChI is InChI=1S/C12H19NO/c1-12(7-14-8-12)6-13-11-5-9-3-2-4-10(9)11/h2,4,9-11,13H,3,5-8H2,1H3. The van der Waals surface area contributed by atoms with Gasteiger partial charge in [0.25, 0.3) is 0 Å². The Hall–Kier alpha value is -0.340. The molecule has 1 aliphatic heterocycles. The molecule has 3 unspecified atom stereocenters. The van der Waals surface area contributed by atoms with Gasteiger partial charge in [-0.05, 0) is 24.7 Å². The predicted octanol–water partition coefficient (Wildman–Crippen LogP) is 1.58. The second-order valence-corrected chi connectivity index (χ2v) is 5.53. The van der Waals surface area contributed by atoms with Crippen molar-refractivity contribution in [2.24, 2.45) is 17.3 Å². The molecule has 3 rings (SSSR count). The molecule has 0 spiro atoms. The van der Waals surface area contributed by atoms with Crippen LogP contribution in [0.3, 0.4) is 0 Å². The zero-order valence-corrected chi connectivity index (χ0v) is 8.83. The molecule has 1 N–H and O–H groups in total. The minimum absolute atomic E-state index is 0.424. The highest BCUT2D eigenvalue weighted by Crippen LogP contribution is 2.43. The lowest BCUT2D eigenvalue weighted by Crippen LogP contribution is -2.55. The van der Waals surface area contributed by atoms with E-state index in [2.05, 4.69) is 24.4 Å². The van der Waals surface area contributed by atoms with Crippen molar-refractivity contribution in [3.63, 3.8) is 0 Å². The normalized spacial score (nSPS) is 42.8. The smallest absolute Gasteiger partial charge is 0.0554 e. The lowest BCUT2D eigenvalue weighted by molar-refractivity contribution is -0.102. The number of ether oxygens (including phenoxy) is 1. The third-order valence-electron chi connectivity index (χ3n) is 4.05. The monoisotopic (exact) mass is 193 g/mol. The zero-order valence-electron chi connectivity index (χ0n) is 8.83. The minimum atomic E-state index is 0.424. The van der Waals surface area contributed by atoms with Crippen LogP contribution in [0.25, 0.3) is 0 Å². The molecule has 2 nitrogen and oxygen atoms in total. The summed E-state index contributed by atoms with van der Waals surface area (Å²) in [4.78, 5) is 0. The summed E-state index contributed by atoms with van der Waals surface area (Å²) in [5.74, 6) is 1.82. The Kier molecular flexibility index (Phi) is 1.96. The summed E-state index contributed by atoms with van der Waals surface area (Å²) in [6.07, 6.45) is 7.47. The van der Waals surface area contributed by atoms with Crippen LogP contribution < -0.4 is 5.32 Å². The highest BCUT2D eigenvalue weighted by molar-refractivity contribution is 5.13. The van der Waals surface area contributed by atoms with Crippen LogP contribution >= 0.6 is 0 Å². The summed E-state index contributed by atoms with van der Waals surface area (Å²) in [6.45, 7) is 5.33. The molecule has 14 heavy (non-hydrogen) atoms. The molecule has 0 amide bonds. The van der Waals surface area contributed by atoms with Crippen LogP contribution in [0.2, 0.25) is 0 Å². The Morgan fingerprint density at radius 2 is 2.36 bits per heavy atom. The van der Waals surface area contributed by atoms with E-state index in [1.54, 1.807) is 0 Å². The summed E-state index contributed by atoms with van der Waals surface area (Å²) >= 11 is 0. The fourth-order valence-corrected chi connectivity index (χ4v) is 2.88. The van der Waals surface area contributed by atoms with E-state index in [9.17, 15) is 0 Å². The first-order valence-electron chi connectivity index (χ1n) is 5.75. The second-order valence-electron chi connectivity index (χ2n) is 5.53. The van der Waals surface area contributed by atoms with E-state index in [1.165, 1.54) is 12.8 Å². The molecule has 2 aliphatic carbocycles. The molecule has 1 heterocycles. The number of fused-ring (bicyclic) bond motifs is 1. The number of allylic oxidation sites excluding steroid dienone is 1.